The molecular formula is C22H20FN5O5. The maximum Gasteiger partial charge on any atom is 0.270 e. The molecule has 33 heavy (non-hydrogen) atoms. The average molecular weight is 453 g/mol. The van der Waals surface area contributed by atoms with Crippen LogP contribution in [-0.2, 0) is 5.60 Å². The number of ether oxygens (including phenoxy) is 1. The first-order chi connectivity index (χ1) is 15.6. The maximum absolute atomic E-state index is 15.0. The van der Waals surface area contributed by atoms with E-state index in [2.05, 4.69) is 27.4 Å². The molecule has 10 nitrogen and oxygen atoms in total. The van der Waals surface area contributed by atoms with Gasteiger partial charge in [-0.1, -0.05) is 17.0 Å². The molecule has 4 rings (SSSR count). The Bertz CT molecular complexity index is 1330. The second kappa shape index (κ2) is 8.07. The molecule has 3 aromatic rings. The number of aryl methyl sites for hydroxylation is 1. The Balaban J connectivity index is 1.84. The molecule has 2 atom stereocenters. The van der Waals surface area contributed by atoms with Crippen molar-refractivity contribution < 1.29 is 28.3 Å². The summed E-state index contributed by atoms with van der Waals surface area (Å²) in [5.41, 5.74) is 3.97. The smallest absolute Gasteiger partial charge is 0.270 e. The number of hydrogen-bond donors (Lipinski definition) is 3. The standard InChI is InChI=1S/C22H20FN5O5/c1-11-8-16(27-33-11)22(2,31)7-6-12-4-5-15-14(9-12)28-19(13(23)10-32-15)17(21(30)25-3)18(26-28)20(24)29/h4-5,8-9,13,31H,10H2,1-3H3,(H2,24,29)(H,25,30)/t13-,22+/m0/s1. The maximum atomic E-state index is 15.0. The summed E-state index contributed by atoms with van der Waals surface area (Å²) < 4.78 is 26.7. The van der Waals surface area contributed by atoms with Crippen molar-refractivity contribution in [2.24, 2.45) is 5.73 Å². The third kappa shape index (κ3) is 3.92. The van der Waals surface area contributed by atoms with Gasteiger partial charge in [-0.25, -0.2) is 9.07 Å². The number of aromatic nitrogens is 3. The number of fused-ring (bicyclic) bond motifs is 3. The van der Waals surface area contributed by atoms with Gasteiger partial charge in [-0.3, -0.25) is 9.59 Å². The van der Waals surface area contributed by atoms with E-state index < -0.39 is 30.2 Å². The lowest BCUT2D eigenvalue weighted by Gasteiger charge is -2.12. The number of rotatable bonds is 3. The lowest BCUT2D eigenvalue weighted by molar-refractivity contribution is 0.0938. The molecule has 2 amide bonds. The molecule has 1 aliphatic heterocycles. The number of halogens is 1. The Morgan fingerprint density at radius 3 is 2.79 bits per heavy atom. The summed E-state index contributed by atoms with van der Waals surface area (Å²) >= 11 is 0. The van der Waals surface area contributed by atoms with Crippen LogP contribution in [0.5, 0.6) is 5.75 Å². The van der Waals surface area contributed by atoms with Crippen LogP contribution in [0.25, 0.3) is 5.69 Å². The van der Waals surface area contributed by atoms with Gasteiger partial charge < -0.3 is 25.4 Å². The number of carbonyl (C=O) groups excluding carboxylic acids is 2. The van der Waals surface area contributed by atoms with E-state index in [0.717, 1.165) is 4.68 Å². The van der Waals surface area contributed by atoms with Crippen molar-refractivity contribution in [3.8, 4) is 23.3 Å². The van der Waals surface area contributed by atoms with Crippen molar-refractivity contribution in [3.05, 3.63) is 58.2 Å². The monoisotopic (exact) mass is 453 g/mol. The Labute approximate surface area is 187 Å². The van der Waals surface area contributed by atoms with E-state index in [-0.39, 0.29) is 34.1 Å². The highest BCUT2D eigenvalue weighted by atomic mass is 19.1. The average Bonchev–Trinajstić information content (AvgIpc) is 3.37. The van der Waals surface area contributed by atoms with Gasteiger partial charge in [0.05, 0.1) is 11.3 Å². The van der Waals surface area contributed by atoms with Gasteiger partial charge in [0.2, 0.25) is 0 Å². The van der Waals surface area contributed by atoms with Crippen molar-refractivity contribution >= 4 is 11.8 Å². The molecule has 0 aliphatic carbocycles. The molecule has 0 saturated carbocycles. The van der Waals surface area contributed by atoms with Crippen LogP contribution in [0.2, 0.25) is 0 Å². The number of alkyl halides is 1. The van der Waals surface area contributed by atoms with E-state index in [9.17, 15) is 14.7 Å². The molecule has 4 N–H and O–H groups in total. The SMILES string of the molecule is CNC(=O)c1c(C(N)=O)nn2c1[C@@H](F)COc1ccc(C#C[C@@](C)(O)c3cc(C)on3)cc1-2. The minimum absolute atomic E-state index is 0.155. The molecule has 0 saturated heterocycles. The number of benzene rings is 1. The van der Waals surface area contributed by atoms with Crippen LogP contribution >= 0.6 is 0 Å². The van der Waals surface area contributed by atoms with Crippen LogP contribution in [0.1, 0.15) is 56.7 Å². The highest BCUT2D eigenvalue weighted by molar-refractivity contribution is 6.06. The number of aliphatic hydroxyl groups is 1. The summed E-state index contributed by atoms with van der Waals surface area (Å²) in [5.74, 6) is 4.68. The van der Waals surface area contributed by atoms with Gasteiger partial charge in [0.1, 0.15) is 29.5 Å². The van der Waals surface area contributed by atoms with Crippen molar-refractivity contribution in [3.63, 3.8) is 0 Å². The van der Waals surface area contributed by atoms with Crippen LogP contribution in [0.4, 0.5) is 4.39 Å². The molecule has 0 radical (unpaired) electrons. The van der Waals surface area contributed by atoms with Crippen molar-refractivity contribution in [2.75, 3.05) is 13.7 Å². The number of nitrogens with one attached hydrogen (secondary N) is 1. The fourth-order valence-corrected chi connectivity index (χ4v) is 3.40. The Hall–Kier alpha value is -4.17. The summed E-state index contributed by atoms with van der Waals surface area (Å²) in [7, 11) is 1.35. The van der Waals surface area contributed by atoms with Gasteiger partial charge in [-0.05, 0) is 32.0 Å². The molecule has 0 unspecified atom stereocenters. The van der Waals surface area contributed by atoms with Crippen LogP contribution in [0.15, 0.2) is 28.8 Å². The summed E-state index contributed by atoms with van der Waals surface area (Å²) in [5, 5.41) is 20.9. The number of nitrogens with two attached hydrogens (primary N) is 1. The summed E-state index contributed by atoms with van der Waals surface area (Å²) in [6, 6.07) is 6.29. The summed E-state index contributed by atoms with van der Waals surface area (Å²) in [6.45, 7) is 2.77. The zero-order valence-electron chi connectivity index (χ0n) is 18.0. The first kappa shape index (κ1) is 22.0. The second-order valence-electron chi connectivity index (χ2n) is 7.57. The highest BCUT2D eigenvalue weighted by Gasteiger charge is 2.35. The van der Waals surface area contributed by atoms with E-state index >= 15 is 4.39 Å². The van der Waals surface area contributed by atoms with Gasteiger partial charge in [0.15, 0.2) is 17.5 Å². The van der Waals surface area contributed by atoms with Gasteiger partial charge in [-0.2, -0.15) is 5.10 Å². The molecule has 3 heterocycles. The molecular weight excluding hydrogens is 433 g/mol. The molecule has 0 spiro atoms. The third-order valence-electron chi connectivity index (χ3n) is 5.05. The van der Waals surface area contributed by atoms with E-state index in [4.69, 9.17) is 15.0 Å². The highest BCUT2D eigenvalue weighted by Crippen LogP contribution is 2.35. The molecule has 2 aromatic heterocycles. The number of hydrogen-bond acceptors (Lipinski definition) is 7. The summed E-state index contributed by atoms with van der Waals surface area (Å²) in [4.78, 5) is 24.3. The third-order valence-corrected chi connectivity index (χ3v) is 5.05. The molecule has 0 fully saturated rings. The molecule has 1 aliphatic rings. The zero-order chi connectivity index (χ0) is 23.9. The van der Waals surface area contributed by atoms with E-state index in [1.807, 2.05) is 0 Å². The number of amides is 2. The lowest BCUT2D eigenvalue weighted by Crippen LogP contribution is -2.24. The topological polar surface area (TPSA) is 146 Å². The Kier molecular flexibility index (Phi) is 5.39. The molecule has 170 valence electrons. The van der Waals surface area contributed by atoms with Crippen molar-refractivity contribution in [1.29, 1.82) is 0 Å². The molecule has 11 heteroatoms. The fraction of sp³-hybridized carbons (Fsp3) is 0.273. The summed E-state index contributed by atoms with van der Waals surface area (Å²) in [6.07, 6.45) is -1.75. The van der Waals surface area contributed by atoms with Crippen LogP contribution in [-0.4, -0.2) is 45.5 Å². The van der Waals surface area contributed by atoms with E-state index in [0.29, 0.717) is 11.3 Å². The predicted molar refractivity (Wildman–Crippen MR) is 113 cm³/mol. The van der Waals surface area contributed by atoms with E-state index in [1.165, 1.54) is 14.0 Å². The van der Waals surface area contributed by atoms with Crippen LogP contribution < -0.4 is 15.8 Å². The largest absolute Gasteiger partial charge is 0.488 e. The Morgan fingerprint density at radius 1 is 1.39 bits per heavy atom. The normalized spacial score (nSPS) is 16.2. The second-order valence-corrected chi connectivity index (χ2v) is 7.57. The predicted octanol–water partition coefficient (Wildman–Crippen LogP) is 1.29. The quantitative estimate of drug-likeness (QED) is 0.507. The minimum Gasteiger partial charge on any atom is -0.488 e. The van der Waals surface area contributed by atoms with Gasteiger partial charge in [-0.15, -0.1) is 0 Å². The van der Waals surface area contributed by atoms with Crippen LogP contribution in [0.3, 0.4) is 0 Å². The number of primary amides is 1. The van der Waals surface area contributed by atoms with Gasteiger partial charge in [0.25, 0.3) is 11.8 Å². The first-order valence-electron chi connectivity index (χ1n) is 9.87. The zero-order valence-corrected chi connectivity index (χ0v) is 18.0. The van der Waals surface area contributed by atoms with Crippen molar-refractivity contribution in [1.82, 2.24) is 20.3 Å². The van der Waals surface area contributed by atoms with Crippen LogP contribution in [0, 0.1) is 18.8 Å². The number of carbonyl (C=O) groups is 2. The van der Waals surface area contributed by atoms with E-state index in [1.54, 1.807) is 31.2 Å². The first-order valence-corrected chi connectivity index (χ1v) is 9.87. The molecule has 0 bridgehead atoms. The number of nitrogens with zero attached hydrogens (tertiary/aromatic N) is 3. The fourth-order valence-electron chi connectivity index (χ4n) is 3.40. The minimum atomic E-state index is -1.75. The lowest BCUT2D eigenvalue weighted by atomic mass is 10.0. The Morgan fingerprint density at radius 2 is 2.15 bits per heavy atom. The van der Waals surface area contributed by atoms with Crippen molar-refractivity contribution in [2.45, 2.75) is 25.6 Å². The molecule has 1 aromatic carbocycles. The van der Waals surface area contributed by atoms with Gasteiger partial charge in [0, 0.05) is 18.7 Å². The van der Waals surface area contributed by atoms with Gasteiger partial charge >= 0.3 is 0 Å².